The Balaban J connectivity index is 1.50. The van der Waals surface area contributed by atoms with E-state index < -0.39 is 0 Å². The molecule has 0 aromatic heterocycles. The first-order chi connectivity index (χ1) is 7.40. The first kappa shape index (κ1) is 11.2. The van der Waals surface area contributed by atoms with Crippen LogP contribution in [0.1, 0.15) is 44.9 Å². The maximum atomic E-state index is 5.05. The van der Waals surface area contributed by atoms with Gasteiger partial charge in [0.15, 0.2) is 0 Å². The van der Waals surface area contributed by atoms with E-state index in [9.17, 15) is 0 Å². The lowest BCUT2D eigenvalue weighted by Gasteiger charge is -2.17. The van der Waals surface area contributed by atoms with Crippen molar-refractivity contribution in [2.45, 2.75) is 44.9 Å². The molecule has 0 aromatic rings. The molecule has 2 aliphatic rings. The Labute approximate surface area is 93.9 Å². The van der Waals surface area contributed by atoms with Gasteiger partial charge in [0.1, 0.15) is 0 Å². The van der Waals surface area contributed by atoms with Gasteiger partial charge >= 0.3 is 0 Å². The zero-order chi connectivity index (χ0) is 10.5. The van der Waals surface area contributed by atoms with Crippen LogP contribution in [0.3, 0.4) is 0 Å². The van der Waals surface area contributed by atoms with Gasteiger partial charge in [-0.1, -0.05) is 31.4 Å². The molecule has 86 valence electrons. The van der Waals surface area contributed by atoms with Gasteiger partial charge < -0.3 is 4.74 Å². The Morgan fingerprint density at radius 1 is 1.07 bits per heavy atom. The van der Waals surface area contributed by atoms with Crippen molar-refractivity contribution in [1.29, 1.82) is 0 Å². The molecular weight excluding hydrogens is 184 g/mol. The molecule has 15 heavy (non-hydrogen) atoms. The molecule has 2 aliphatic carbocycles. The van der Waals surface area contributed by atoms with Crippen molar-refractivity contribution in [2.75, 3.05) is 13.7 Å². The van der Waals surface area contributed by atoms with Gasteiger partial charge in [0.2, 0.25) is 0 Å². The smallest absolute Gasteiger partial charge is 0.0462 e. The molecule has 0 aromatic carbocycles. The maximum Gasteiger partial charge on any atom is 0.0462 e. The summed E-state index contributed by atoms with van der Waals surface area (Å²) in [7, 11) is 1.79. The van der Waals surface area contributed by atoms with Crippen molar-refractivity contribution in [3.05, 3.63) is 12.2 Å². The quantitative estimate of drug-likeness (QED) is 0.457. The van der Waals surface area contributed by atoms with Gasteiger partial charge in [-0.2, -0.15) is 0 Å². The zero-order valence-electron chi connectivity index (χ0n) is 9.95. The van der Waals surface area contributed by atoms with Crippen molar-refractivity contribution in [2.24, 2.45) is 17.8 Å². The minimum atomic E-state index is 0.941. The molecule has 0 spiro atoms. The van der Waals surface area contributed by atoms with E-state index >= 15 is 0 Å². The summed E-state index contributed by atoms with van der Waals surface area (Å²) in [5.41, 5.74) is 0. The predicted molar refractivity (Wildman–Crippen MR) is 63.8 cm³/mol. The highest BCUT2D eigenvalue weighted by atomic mass is 16.5. The molecule has 0 aliphatic heterocycles. The fourth-order valence-electron chi connectivity index (χ4n) is 3.23. The van der Waals surface area contributed by atoms with Gasteiger partial charge in [0, 0.05) is 13.7 Å². The minimum Gasteiger partial charge on any atom is -0.385 e. The lowest BCUT2D eigenvalue weighted by Crippen LogP contribution is -2.06. The first-order valence-corrected chi connectivity index (χ1v) is 6.57. The van der Waals surface area contributed by atoms with Gasteiger partial charge in [0.25, 0.3) is 0 Å². The second-order valence-corrected chi connectivity index (χ2v) is 5.24. The molecule has 3 atom stereocenters. The highest BCUT2D eigenvalue weighted by Gasteiger charge is 2.34. The SMILES string of the molecule is COCCCCCCC1CC2C=CC1C2. The van der Waals surface area contributed by atoms with E-state index in [0.717, 1.165) is 24.4 Å². The normalized spacial score (nSPS) is 32.7. The molecule has 0 saturated heterocycles. The van der Waals surface area contributed by atoms with Crippen LogP contribution in [0, 0.1) is 17.8 Å². The van der Waals surface area contributed by atoms with E-state index in [-0.39, 0.29) is 0 Å². The number of fused-ring (bicyclic) bond motifs is 2. The van der Waals surface area contributed by atoms with E-state index in [1.807, 2.05) is 0 Å². The van der Waals surface area contributed by atoms with Crippen LogP contribution in [0.4, 0.5) is 0 Å². The Kier molecular flexibility index (Phi) is 4.25. The minimum absolute atomic E-state index is 0.941. The summed E-state index contributed by atoms with van der Waals surface area (Å²) in [5, 5.41) is 0. The molecule has 0 amide bonds. The van der Waals surface area contributed by atoms with Crippen LogP contribution in [-0.4, -0.2) is 13.7 Å². The van der Waals surface area contributed by atoms with E-state index in [4.69, 9.17) is 4.74 Å². The fraction of sp³-hybridized carbons (Fsp3) is 0.857. The predicted octanol–water partition coefficient (Wildman–Crippen LogP) is 3.80. The summed E-state index contributed by atoms with van der Waals surface area (Å²) in [6.07, 6.45) is 14.8. The molecular formula is C14H24O. The summed E-state index contributed by atoms with van der Waals surface area (Å²) in [6, 6.07) is 0. The Bertz CT molecular complexity index is 209. The number of unbranched alkanes of at least 4 members (excludes halogenated alkanes) is 3. The largest absolute Gasteiger partial charge is 0.385 e. The second-order valence-electron chi connectivity index (χ2n) is 5.24. The molecule has 1 saturated carbocycles. The molecule has 1 nitrogen and oxygen atoms in total. The van der Waals surface area contributed by atoms with E-state index in [1.165, 1.54) is 44.9 Å². The Hall–Kier alpha value is -0.300. The van der Waals surface area contributed by atoms with Crippen molar-refractivity contribution in [1.82, 2.24) is 0 Å². The lowest BCUT2D eigenvalue weighted by molar-refractivity contribution is 0.191. The number of hydrogen-bond acceptors (Lipinski definition) is 1. The first-order valence-electron chi connectivity index (χ1n) is 6.57. The van der Waals surface area contributed by atoms with Gasteiger partial charge in [-0.05, 0) is 43.4 Å². The molecule has 0 heterocycles. The molecule has 0 radical (unpaired) electrons. The number of hydrogen-bond donors (Lipinski definition) is 0. The molecule has 0 N–H and O–H groups in total. The third-order valence-corrected chi connectivity index (χ3v) is 4.09. The van der Waals surface area contributed by atoms with Crippen molar-refractivity contribution < 1.29 is 4.74 Å². The van der Waals surface area contributed by atoms with E-state index in [0.29, 0.717) is 0 Å². The van der Waals surface area contributed by atoms with Crippen molar-refractivity contribution >= 4 is 0 Å². The van der Waals surface area contributed by atoms with Gasteiger partial charge in [-0.25, -0.2) is 0 Å². The highest BCUT2D eigenvalue weighted by molar-refractivity contribution is 5.09. The average Bonchev–Trinajstić information content (AvgIpc) is 2.85. The zero-order valence-corrected chi connectivity index (χ0v) is 9.95. The summed E-state index contributed by atoms with van der Waals surface area (Å²) < 4.78 is 5.05. The summed E-state index contributed by atoms with van der Waals surface area (Å²) in [4.78, 5) is 0. The van der Waals surface area contributed by atoms with Crippen LogP contribution in [0.2, 0.25) is 0 Å². The third kappa shape index (κ3) is 3.07. The van der Waals surface area contributed by atoms with Crippen LogP contribution in [-0.2, 0) is 4.74 Å². The molecule has 1 fully saturated rings. The topological polar surface area (TPSA) is 9.23 Å². The van der Waals surface area contributed by atoms with Crippen molar-refractivity contribution in [3.8, 4) is 0 Å². The van der Waals surface area contributed by atoms with Gasteiger partial charge in [-0.15, -0.1) is 0 Å². The summed E-state index contributed by atoms with van der Waals surface area (Å²) >= 11 is 0. The second kappa shape index (κ2) is 5.69. The Morgan fingerprint density at radius 2 is 1.93 bits per heavy atom. The van der Waals surface area contributed by atoms with Crippen LogP contribution < -0.4 is 0 Å². The average molecular weight is 208 g/mol. The lowest BCUT2D eigenvalue weighted by atomic mass is 9.88. The summed E-state index contributed by atoms with van der Waals surface area (Å²) in [5.74, 6) is 2.94. The monoisotopic (exact) mass is 208 g/mol. The molecule has 1 heteroatoms. The summed E-state index contributed by atoms with van der Waals surface area (Å²) in [6.45, 7) is 0.941. The number of ether oxygens (including phenoxy) is 1. The molecule has 2 bridgehead atoms. The van der Waals surface area contributed by atoms with Gasteiger partial charge in [0.05, 0.1) is 0 Å². The molecule has 3 unspecified atom stereocenters. The molecule has 2 rings (SSSR count). The van der Waals surface area contributed by atoms with E-state index in [1.54, 1.807) is 7.11 Å². The Morgan fingerprint density at radius 3 is 2.60 bits per heavy atom. The number of allylic oxidation sites excluding steroid dienone is 2. The maximum absolute atomic E-state index is 5.05. The van der Waals surface area contributed by atoms with Crippen LogP contribution in [0.25, 0.3) is 0 Å². The van der Waals surface area contributed by atoms with Crippen molar-refractivity contribution in [3.63, 3.8) is 0 Å². The standard InChI is InChI=1S/C14H24O/c1-15-9-5-3-2-4-6-13-10-12-7-8-14(13)11-12/h7-8,12-14H,2-6,9-11H2,1H3. The van der Waals surface area contributed by atoms with E-state index in [2.05, 4.69) is 12.2 Å². The van der Waals surface area contributed by atoms with Crippen LogP contribution >= 0.6 is 0 Å². The fourth-order valence-corrected chi connectivity index (χ4v) is 3.23. The highest BCUT2D eigenvalue weighted by Crippen LogP contribution is 2.45. The van der Waals surface area contributed by atoms with Crippen LogP contribution in [0.15, 0.2) is 12.2 Å². The third-order valence-electron chi connectivity index (χ3n) is 4.09. The van der Waals surface area contributed by atoms with Crippen LogP contribution in [0.5, 0.6) is 0 Å². The number of methoxy groups -OCH3 is 1. The number of rotatable bonds is 7. The van der Waals surface area contributed by atoms with Gasteiger partial charge in [-0.3, -0.25) is 0 Å².